The Bertz CT molecular complexity index is 323. The molecular formula is C13H24N4. The SMILES string of the molecule is CCC(CC)CN(CC)c1cc(NC)ncn1. The third-order valence-electron chi connectivity index (χ3n) is 3.25. The van der Waals surface area contributed by atoms with Gasteiger partial charge in [-0.3, -0.25) is 0 Å². The minimum absolute atomic E-state index is 0.739. The number of hydrogen-bond donors (Lipinski definition) is 1. The summed E-state index contributed by atoms with van der Waals surface area (Å²) in [6.07, 6.45) is 4.06. The van der Waals surface area contributed by atoms with Crippen LogP contribution in [0, 0.1) is 5.92 Å². The van der Waals surface area contributed by atoms with Crippen LogP contribution >= 0.6 is 0 Å². The Morgan fingerprint density at radius 3 is 2.47 bits per heavy atom. The maximum atomic E-state index is 4.35. The molecule has 1 rings (SSSR count). The van der Waals surface area contributed by atoms with Crippen molar-refractivity contribution in [3.63, 3.8) is 0 Å². The standard InChI is InChI=1S/C13H24N4/c1-5-11(6-2)9-17(7-3)13-8-12(14-4)15-10-16-13/h8,10-11H,5-7,9H2,1-4H3,(H,14,15,16). The molecule has 1 aromatic heterocycles. The quantitative estimate of drug-likeness (QED) is 0.790. The molecule has 4 heteroatoms. The van der Waals surface area contributed by atoms with Gasteiger partial charge in [-0.2, -0.15) is 0 Å². The lowest BCUT2D eigenvalue weighted by Gasteiger charge is -2.26. The molecule has 0 aromatic carbocycles. The number of anilines is 2. The largest absolute Gasteiger partial charge is 0.373 e. The minimum Gasteiger partial charge on any atom is -0.373 e. The van der Waals surface area contributed by atoms with Crippen LogP contribution in [0.25, 0.3) is 0 Å². The smallest absolute Gasteiger partial charge is 0.134 e. The summed E-state index contributed by atoms with van der Waals surface area (Å²) in [6.45, 7) is 8.73. The van der Waals surface area contributed by atoms with Crippen LogP contribution in [0.3, 0.4) is 0 Å². The van der Waals surface area contributed by atoms with Crippen LogP contribution in [0.4, 0.5) is 11.6 Å². The Kier molecular flexibility index (Phi) is 5.73. The molecule has 0 aliphatic rings. The van der Waals surface area contributed by atoms with Gasteiger partial charge >= 0.3 is 0 Å². The molecule has 0 aliphatic heterocycles. The van der Waals surface area contributed by atoms with Gasteiger partial charge in [0.2, 0.25) is 0 Å². The Morgan fingerprint density at radius 1 is 1.24 bits per heavy atom. The van der Waals surface area contributed by atoms with Crippen LogP contribution < -0.4 is 10.2 Å². The molecule has 0 bridgehead atoms. The normalized spacial score (nSPS) is 10.6. The average Bonchev–Trinajstić information content (AvgIpc) is 2.40. The summed E-state index contributed by atoms with van der Waals surface area (Å²) in [7, 11) is 1.88. The van der Waals surface area contributed by atoms with Crippen molar-refractivity contribution in [2.75, 3.05) is 30.4 Å². The first kappa shape index (κ1) is 13.7. The van der Waals surface area contributed by atoms with E-state index in [4.69, 9.17) is 0 Å². The number of rotatable bonds is 7. The summed E-state index contributed by atoms with van der Waals surface area (Å²) in [5.74, 6) is 2.62. The van der Waals surface area contributed by atoms with E-state index in [1.807, 2.05) is 13.1 Å². The molecule has 4 nitrogen and oxygen atoms in total. The molecule has 0 saturated heterocycles. The summed E-state index contributed by atoms with van der Waals surface area (Å²) < 4.78 is 0. The van der Waals surface area contributed by atoms with E-state index in [1.54, 1.807) is 6.33 Å². The lowest BCUT2D eigenvalue weighted by Crippen LogP contribution is -2.29. The third-order valence-corrected chi connectivity index (χ3v) is 3.25. The Balaban J connectivity index is 2.77. The van der Waals surface area contributed by atoms with E-state index >= 15 is 0 Å². The topological polar surface area (TPSA) is 41.0 Å². The Morgan fingerprint density at radius 2 is 1.94 bits per heavy atom. The molecule has 1 heterocycles. The third kappa shape index (κ3) is 3.88. The van der Waals surface area contributed by atoms with Gasteiger partial charge in [-0.25, -0.2) is 9.97 Å². The minimum atomic E-state index is 0.739. The summed E-state index contributed by atoms with van der Waals surface area (Å²) in [5, 5.41) is 3.05. The van der Waals surface area contributed by atoms with Gasteiger partial charge < -0.3 is 10.2 Å². The second-order valence-electron chi connectivity index (χ2n) is 4.23. The van der Waals surface area contributed by atoms with Crippen LogP contribution in [0.1, 0.15) is 33.6 Å². The summed E-state index contributed by atoms with van der Waals surface area (Å²) in [6, 6.07) is 2.01. The summed E-state index contributed by atoms with van der Waals surface area (Å²) in [4.78, 5) is 10.8. The molecular weight excluding hydrogens is 212 g/mol. The van der Waals surface area contributed by atoms with Crippen LogP contribution in [0.15, 0.2) is 12.4 Å². The fourth-order valence-corrected chi connectivity index (χ4v) is 1.90. The van der Waals surface area contributed by atoms with E-state index in [0.29, 0.717) is 0 Å². The van der Waals surface area contributed by atoms with Gasteiger partial charge in [0.15, 0.2) is 0 Å². The molecule has 96 valence electrons. The first-order chi connectivity index (χ1) is 8.24. The highest BCUT2D eigenvalue weighted by atomic mass is 15.2. The van der Waals surface area contributed by atoms with E-state index in [0.717, 1.165) is 30.6 Å². The molecule has 17 heavy (non-hydrogen) atoms. The van der Waals surface area contributed by atoms with Gasteiger partial charge in [-0.05, 0) is 12.8 Å². The Hall–Kier alpha value is -1.32. The van der Waals surface area contributed by atoms with Crippen molar-refractivity contribution in [2.45, 2.75) is 33.6 Å². The summed E-state index contributed by atoms with van der Waals surface area (Å²) in [5.41, 5.74) is 0. The predicted octanol–water partition coefficient (Wildman–Crippen LogP) is 2.78. The fourth-order valence-electron chi connectivity index (χ4n) is 1.90. The first-order valence-corrected chi connectivity index (χ1v) is 6.49. The highest BCUT2D eigenvalue weighted by Gasteiger charge is 2.12. The van der Waals surface area contributed by atoms with E-state index in [1.165, 1.54) is 12.8 Å². The molecule has 0 spiro atoms. The molecule has 0 amide bonds. The molecule has 0 radical (unpaired) electrons. The van der Waals surface area contributed by atoms with Crippen molar-refractivity contribution in [1.82, 2.24) is 9.97 Å². The highest BCUT2D eigenvalue weighted by molar-refractivity contribution is 5.47. The monoisotopic (exact) mass is 236 g/mol. The van der Waals surface area contributed by atoms with E-state index in [2.05, 4.69) is 41.0 Å². The lowest BCUT2D eigenvalue weighted by atomic mass is 10.0. The number of aromatic nitrogens is 2. The van der Waals surface area contributed by atoms with Crippen molar-refractivity contribution in [3.8, 4) is 0 Å². The van der Waals surface area contributed by atoms with Crippen molar-refractivity contribution < 1.29 is 0 Å². The van der Waals surface area contributed by atoms with Gasteiger partial charge in [0, 0.05) is 26.2 Å². The van der Waals surface area contributed by atoms with Gasteiger partial charge in [0.25, 0.3) is 0 Å². The number of nitrogens with one attached hydrogen (secondary N) is 1. The van der Waals surface area contributed by atoms with Gasteiger partial charge in [-0.1, -0.05) is 26.7 Å². The van der Waals surface area contributed by atoms with Gasteiger partial charge in [-0.15, -0.1) is 0 Å². The van der Waals surface area contributed by atoms with Gasteiger partial charge in [0.05, 0.1) is 0 Å². The van der Waals surface area contributed by atoms with Crippen LogP contribution in [-0.4, -0.2) is 30.1 Å². The molecule has 0 saturated carbocycles. The summed E-state index contributed by atoms with van der Waals surface area (Å²) >= 11 is 0. The number of nitrogens with zero attached hydrogens (tertiary/aromatic N) is 3. The van der Waals surface area contributed by atoms with Gasteiger partial charge in [0.1, 0.15) is 18.0 Å². The van der Waals surface area contributed by atoms with Crippen molar-refractivity contribution in [3.05, 3.63) is 12.4 Å². The maximum absolute atomic E-state index is 4.35. The zero-order valence-corrected chi connectivity index (χ0v) is 11.4. The molecule has 1 N–H and O–H groups in total. The molecule has 0 atom stereocenters. The highest BCUT2D eigenvalue weighted by Crippen LogP contribution is 2.17. The Labute approximate surface area is 104 Å². The molecule has 1 aromatic rings. The van der Waals surface area contributed by atoms with Crippen molar-refractivity contribution in [1.29, 1.82) is 0 Å². The van der Waals surface area contributed by atoms with Crippen molar-refractivity contribution in [2.24, 2.45) is 5.92 Å². The van der Waals surface area contributed by atoms with E-state index in [9.17, 15) is 0 Å². The van der Waals surface area contributed by atoms with E-state index in [-0.39, 0.29) is 0 Å². The fraction of sp³-hybridized carbons (Fsp3) is 0.692. The van der Waals surface area contributed by atoms with Crippen LogP contribution in [0.5, 0.6) is 0 Å². The average molecular weight is 236 g/mol. The second kappa shape index (κ2) is 7.09. The van der Waals surface area contributed by atoms with Crippen LogP contribution in [-0.2, 0) is 0 Å². The zero-order chi connectivity index (χ0) is 12.7. The first-order valence-electron chi connectivity index (χ1n) is 6.49. The number of hydrogen-bond acceptors (Lipinski definition) is 4. The van der Waals surface area contributed by atoms with Crippen LogP contribution in [0.2, 0.25) is 0 Å². The lowest BCUT2D eigenvalue weighted by molar-refractivity contribution is 0.484. The predicted molar refractivity (Wildman–Crippen MR) is 73.5 cm³/mol. The molecule has 0 fully saturated rings. The second-order valence-corrected chi connectivity index (χ2v) is 4.23. The van der Waals surface area contributed by atoms with E-state index < -0.39 is 0 Å². The molecule has 0 unspecified atom stereocenters. The van der Waals surface area contributed by atoms with Crippen molar-refractivity contribution >= 4 is 11.6 Å². The maximum Gasteiger partial charge on any atom is 0.134 e. The molecule has 0 aliphatic carbocycles. The zero-order valence-electron chi connectivity index (χ0n) is 11.4.